The highest BCUT2D eigenvalue weighted by Crippen LogP contribution is 2.28. The lowest BCUT2D eigenvalue weighted by Crippen LogP contribution is -2.10. The average Bonchev–Trinajstić information content (AvgIpc) is 1.88. The number of hydrogen-bond acceptors (Lipinski definition) is 1. The Hall–Kier alpha value is 0.350. The first kappa shape index (κ1) is 8.45. The summed E-state index contributed by atoms with van der Waals surface area (Å²) in [5.74, 6) is 0.876. The van der Waals surface area contributed by atoms with Gasteiger partial charge < -0.3 is 0 Å². The van der Waals surface area contributed by atoms with Crippen LogP contribution in [0.15, 0.2) is 0 Å². The van der Waals surface area contributed by atoms with Crippen molar-refractivity contribution in [1.82, 2.24) is 0 Å². The van der Waals surface area contributed by atoms with Crippen LogP contribution in [0.1, 0.15) is 38.5 Å². The summed E-state index contributed by atoms with van der Waals surface area (Å²) in [6.07, 6.45) is 8.13. The van der Waals surface area contributed by atoms with Gasteiger partial charge in [-0.2, -0.15) is 12.6 Å². The summed E-state index contributed by atoms with van der Waals surface area (Å²) < 4.78 is 0. The Kier molecular flexibility index (Phi) is 3.61. The van der Waals surface area contributed by atoms with Gasteiger partial charge in [-0.1, -0.05) is 32.1 Å². The molecule has 0 aromatic carbocycles. The molecule has 0 amide bonds. The second-order valence-electron chi connectivity index (χ2n) is 3.31. The minimum absolute atomic E-state index is 0.114. The molecule has 1 fully saturated rings. The molecule has 0 N–H and O–H groups in total. The van der Waals surface area contributed by atoms with Crippen molar-refractivity contribution in [3.05, 3.63) is 6.92 Å². The molecule has 58 valence electrons. The molecule has 0 bridgehead atoms. The summed E-state index contributed by atoms with van der Waals surface area (Å²) in [5, 5.41) is 0.114. The third-order valence-corrected chi connectivity index (χ3v) is 2.51. The van der Waals surface area contributed by atoms with E-state index in [0.717, 1.165) is 12.3 Å². The Labute approximate surface area is 69.8 Å². The molecule has 1 rings (SSSR count). The van der Waals surface area contributed by atoms with Crippen LogP contribution in [-0.2, 0) is 0 Å². The lowest BCUT2D eigenvalue weighted by atomic mass is 9.86. The van der Waals surface area contributed by atoms with Crippen LogP contribution in [0.5, 0.6) is 0 Å². The van der Waals surface area contributed by atoms with Crippen LogP contribution in [-0.4, -0.2) is 5.25 Å². The monoisotopic (exact) mass is 156 g/mol. The van der Waals surface area contributed by atoms with Crippen LogP contribution < -0.4 is 0 Å². The predicted molar refractivity (Wildman–Crippen MR) is 48.3 cm³/mol. The molecule has 1 atom stereocenters. The van der Waals surface area contributed by atoms with E-state index in [-0.39, 0.29) is 5.25 Å². The van der Waals surface area contributed by atoms with Crippen molar-refractivity contribution in [2.45, 2.75) is 43.8 Å². The molecule has 0 nitrogen and oxygen atoms in total. The fourth-order valence-electron chi connectivity index (χ4n) is 1.76. The first-order valence-corrected chi connectivity index (χ1v) is 4.74. The minimum atomic E-state index is 0.114. The molecule has 1 saturated carbocycles. The topological polar surface area (TPSA) is 0 Å². The van der Waals surface area contributed by atoms with E-state index in [9.17, 15) is 0 Å². The summed E-state index contributed by atoms with van der Waals surface area (Å²) in [6, 6.07) is 0. The second kappa shape index (κ2) is 4.27. The zero-order valence-electron chi connectivity index (χ0n) is 6.42. The summed E-state index contributed by atoms with van der Waals surface area (Å²) in [7, 11) is 0. The Bertz CT molecular complexity index is 82.7. The fourth-order valence-corrected chi connectivity index (χ4v) is 2.06. The zero-order valence-corrected chi connectivity index (χ0v) is 7.32. The summed E-state index contributed by atoms with van der Waals surface area (Å²) >= 11 is 4.19. The smallest absolute Gasteiger partial charge is 0.00540 e. The van der Waals surface area contributed by atoms with Gasteiger partial charge in [0.05, 0.1) is 0 Å². The minimum Gasteiger partial charge on any atom is -0.176 e. The highest BCUT2D eigenvalue weighted by atomic mass is 32.1. The van der Waals surface area contributed by atoms with Crippen molar-refractivity contribution in [1.29, 1.82) is 0 Å². The molecular formula is C9H16S. The van der Waals surface area contributed by atoms with Gasteiger partial charge in [0, 0.05) is 5.25 Å². The maximum atomic E-state index is 5.59. The van der Waals surface area contributed by atoms with E-state index in [1.165, 1.54) is 32.1 Å². The quantitative estimate of drug-likeness (QED) is 0.584. The molecule has 0 aromatic rings. The fraction of sp³-hybridized carbons (Fsp3) is 0.889. The summed E-state index contributed by atoms with van der Waals surface area (Å²) in [4.78, 5) is 0. The third-order valence-electron chi connectivity index (χ3n) is 2.30. The molecule has 0 saturated heterocycles. The first-order chi connectivity index (χ1) is 4.79. The summed E-state index contributed by atoms with van der Waals surface area (Å²) in [5.41, 5.74) is 0. The van der Waals surface area contributed by atoms with E-state index in [0.29, 0.717) is 0 Å². The van der Waals surface area contributed by atoms with Crippen LogP contribution >= 0.6 is 12.6 Å². The maximum absolute atomic E-state index is 5.59. The van der Waals surface area contributed by atoms with Crippen molar-refractivity contribution in [3.8, 4) is 0 Å². The maximum Gasteiger partial charge on any atom is 0.00540 e. The average molecular weight is 156 g/mol. The van der Waals surface area contributed by atoms with Gasteiger partial charge in [-0.15, -0.1) is 0 Å². The SMILES string of the molecule is [CH]C(S)CC1CCCCC1. The van der Waals surface area contributed by atoms with Gasteiger partial charge in [0.2, 0.25) is 0 Å². The van der Waals surface area contributed by atoms with Gasteiger partial charge >= 0.3 is 0 Å². The van der Waals surface area contributed by atoms with Crippen LogP contribution in [0.4, 0.5) is 0 Å². The number of hydrogen-bond donors (Lipinski definition) is 1. The van der Waals surface area contributed by atoms with E-state index < -0.39 is 0 Å². The Balaban J connectivity index is 2.13. The molecule has 10 heavy (non-hydrogen) atoms. The van der Waals surface area contributed by atoms with Gasteiger partial charge in [-0.25, -0.2) is 0 Å². The van der Waals surface area contributed by atoms with Crippen molar-refractivity contribution < 1.29 is 0 Å². The normalized spacial score (nSPS) is 24.6. The highest BCUT2D eigenvalue weighted by molar-refractivity contribution is 7.81. The largest absolute Gasteiger partial charge is 0.176 e. The molecule has 0 aliphatic heterocycles. The van der Waals surface area contributed by atoms with Crippen molar-refractivity contribution in [2.75, 3.05) is 0 Å². The van der Waals surface area contributed by atoms with Crippen LogP contribution in [0.2, 0.25) is 0 Å². The van der Waals surface area contributed by atoms with Crippen molar-refractivity contribution in [2.24, 2.45) is 5.92 Å². The lowest BCUT2D eigenvalue weighted by Gasteiger charge is -2.22. The molecule has 0 heterocycles. The van der Waals surface area contributed by atoms with E-state index in [2.05, 4.69) is 12.6 Å². The highest BCUT2D eigenvalue weighted by Gasteiger charge is 2.14. The van der Waals surface area contributed by atoms with E-state index >= 15 is 0 Å². The van der Waals surface area contributed by atoms with Crippen molar-refractivity contribution >= 4 is 12.6 Å². The standard InChI is InChI=1S/C9H16S/c1-8(10)7-9-5-3-2-4-6-9/h1,8-10H,2-7H2. The van der Waals surface area contributed by atoms with Gasteiger partial charge in [-0.3, -0.25) is 0 Å². The molecule has 0 spiro atoms. The molecular weight excluding hydrogens is 140 g/mol. The van der Waals surface area contributed by atoms with E-state index in [4.69, 9.17) is 6.92 Å². The van der Waals surface area contributed by atoms with Crippen LogP contribution in [0.3, 0.4) is 0 Å². The molecule has 2 radical (unpaired) electrons. The first-order valence-electron chi connectivity index (χ1n) is 4.22. The van der Waals surface area contributed by atoms with Gasteiger partial charge in [-0.05, 0) is 19.3 Å². The predicted octanol–water partition coefficient (Wildman–Crippen LogP) is 2.97. The summed E-state index contributed by atoms with van der Waals surface area (Å²) in [6.45, 7) is 5.59. The van der Waals surface area contributed by atoms with Gasteiger partial charge in [0.25, 0.3) is 0 Å². The Morgan fingerprint density at radius 1 is 1.30 bits per heavy atom. The van der Waals surface area contributed by atoms with Gasteiger partial charge in [0.1, 0.15) is 0 Å². The van der Waals surface area contributed by atoms with Crippen LogP contribution in [0.25, 0.3) is 0 Å². The molecule has 1 aliphatic rings. The number of thiol groups is 1. The molecule has 1 aliphatic carbocycles. The van der Waals surface area contributed by atoms with E-state index in [1.807, 2.05) is 0 Å². The molecule has 0 aromatic heterocycles. The lowest BCUT2D eigenvalue weighted by molar-refractivity contribution is 0.343. The Morgan fingerprint density at radius 2 is 1.90 bits per heavy atom. The zero-order chi connectivity index (χ0) is 7.40. The third kappa shape index (κ3) is 2.96. The second-order valence-corrected chi connectivity index (χ2v) is 3.97. The van der Waals surface area contributed by atoms with Crippen molar-refractivity contribution in [3.63, 3.8) is 0 Å². The molecule has 1 heteroatoms. The van der Waals surface area contributed by atoms with E-state index in [1.54, 1.807) is 0 Å². The van der Waals surface area contributed by atoms with Gasteiger partial charge in [0.15, 0.2) is 0 Å². The molecule has 1 unspecified atom stereocenters. The number of rotatable bonds is 2. The van der Waals surface area contributed by atoms with Crippen LogP contribution in [0, 0.1) is 12.8 Å². The Morgan fingerprint density at radius 3 is 2.40 bits per heavy atom.